The van der Waals surface area contributed by atoms with Gasteiger partial charge in [0.25, 0.3) is 0 Å². The van der Waals surface area contributed by atoms with Gasteiger partial charge in [0.05, 0.1) is 17.4 Å². The summed E-state index contributed by atoms with van der Waals surface area (Å²) in [6, 6.07) is 16.7. The number of esters is 1. The highest BCUT2D eigenvalue weighted by Gasteiger charge is 2.10. The summed E-state index contributed by atoms with van der Waals surface area (Å²) in [4.78, 5) is 23.8. The second-order valence-corrected chi connectivity index (χ2v) is 6.55. The van der Waals surface area contributed by atoms with Gasteiger partial charge in [0.1, 0.15) is 0 Å². The first-order valence-electron chi connectivity index (χ1n) is 7.77. The van der Waals surface area contributed by atoms with E-state index < -0.39 is 0 Å². The lowest BCUT2D eigenvalue weighted by molar-refractivity contribution is -0.113. The Labute approximate surface area is 146 Å². The molecule has 0 saturated heterocycles. The van der Waals surface area contributed by atoms with Crippen LogP contribution in [-0.2, 0) is 15.3 Å². The van der Waals surface area contributed by atoms with E-state index in [0.717, 1.165) is 11.3 Å². The molecule has 1 N–H and O–H groups in total. The van der Waals surface area contributed by atoms with E-state index in [0.29, 0.717) is 17.1 Å². The summed E-state index contributed by atoms with van der Waals surface area (Å²) < 4.78 is 5.19. The number of para-hydroxylation sites is 1. The average Bonchev–Trinajstić information content (AvgIpc) is 2.55. The fraction of sp³-hybridized carbons (Fsp3) is 0.263. The van der Waals surface area contributed by atoms with E-state index in [9.17, 15) is 9.59 Å². The monoisotopic (exact) mass is 343 g/mol. The molecule has 1 amide bonds. The number of benzene rings is 2. The molecule has 126 valence electrons. The molecule has 0 aliphatic rings. The van der Waals surface area contributed by atoms with E-state index in [-0.39, 0.29) is 18.0 Å². The van der Waals surface area contributed by atoms with Gasteiger partial charge in [-0.2, -0.15) is 0 Å². The third-order valence-corrected chi connectivity index (χ3v) is 4.07. The SMILES string of the molecule is CC(C)OC(=O)c1cccc(CSCC(=O)Nc2ccccc2)c1. The zero-order valence-electron chi connectivity index (χ0n) is 13.8. The molecule has 0 spiro atoms. The number of hydrogen-bond acceptors (Lipinski definition) is 4. The van der Waals surface area contributed by atoms with Gasteiger partial charge in [-0.1, -0.05) is 30.3 Å². The first-order valence-corrected chi connectivity index (χ1v) is 8.92. The molecule has 0 saturated carbocycles. The third-order valence-electron chi connectivity index (χ3n) is 3.06. The van der Waals surface area contributed by atoms with Crippen molar-refractivity contribution >= 4 is 29.3 Å². The minimum atomic E-state index is -0.321. The molecular formula is C19H21NO3S. The van der Waals surface area contributed by atoms with Crippen LogP contribution in [0.15, 0.2) is 54.6 Å². The topological polar surface area (TPSA) is 55.4 Å². The molecule has 0 radical (unpaired) electrons. The van der Waals surface area contributed by atoms with Crippen molar-refractivity contribution in [3.8, 4) is 0 Å². The Balaban J connectivity index is 1.82. The minimum absolute atomic E-state index is 0.0402. The van der Waals surface area contributed by atoms with Crippen molar-refractivity contribution in [2.45, 2.75) is 25.7 Å². The van der Waals surface area contributed by atoms with Gasteiger partial charge in [-0.15, -0.1) is 11.8 Å². The normalized spacial score (nSPS) is 10.5. The molecule has 2 rings (SSSR count). The lowest BCUT2D eigenvalue weighted by Gasteiger charge is -2.09. The van der Waals surface area contributed by atoms with E-state index in [1.54, 1.807) is 6.07 Å². The number of rotatable bonds is 7. The van der Waals surface area contributed by atoms with E-state index in [4.69, 9.17) is 4.74 Å². The fourth-order valence-electron chi connectivity index (χ4n) is 2.05. The van der Waals surface area contributed by atoms with Crippen LogP contribution < -0.4 is 5.32 Å². The van der Waals surface area contributed by atoms with Crippen LogP contribution in [0.25, 0.3) is 0 Å². The molecule has 0 heterocycles. The highest BCUT2D eigenvalue weighted by atomic mass is 32.2. The van der Waals surface area contributed by atoms with E-state index in [1.165, 1.54) is 11.8 Å². The van der Waals surface area contributed by atoms with Crippen molar-refractivity contribution in [1.82, 2.24) is 0 Å². The van der Waals surface area contributed by atoms with Crippen molar-refractivity contribution in [2.24, 2.45) is 0 Å². The standard InChI is InChI=1S/C19H21NO3S/c1-14(2)23-19(22)16-8-6-7-15(11-16)12-24-13-18(21)20-17-9-4-3-5-10-17/h3-11,14H,12-13H2,1-2H3,(H,20,21). The summed E-state index contributed by atoms with van der Waals surface area (Å²) >= 11 is 1.50. The summed E-state index contributed by atoms with van der Waals surface area (Å²) in [5, 5.41) is 2.85. The van der Waals surface area contributed by atoms with Crippen LogP contribution >= 0.6 is 11.8 Å². The quantitative estimate of drug-likeness (QED) is 0.768. The van der Waals surface area contributed by atoms with Gasteiger partial charge in [-0.05, 0) is 43.7 Å². The highest BCUT2D eigenvalue weighted by Crippen LogP contribution is 2.15. The molecule has 2 aromatic carbocycles. The molecule has 0 aromatic heterocycles. The van der Waals surface area contributed by atoms with Crippen molar-refractivity contribution in [1.29, 1.82) is 0 Å². The molecule has 24 heavy (non-hydrogen) atoms. The Morgan fingerprint density at radius 2 is 1.83 bits per heavy atom. The fourth-order valence-corrected chi connectivity index (χ4v) is 2.83. The predicted octanol–water partition coefficient (Wildman–Crippen LogP) is 4.12. The van der Waals surface area contributed by atoms with Crippen LogP contribution in [-0.4, -0.2) is 23.7 Å². The zero-order valence-corrected chi connectivity index (χ0v) is 14.6. The number of anilines is 1. The molecule has 0 aliphatic carbocycles. The second kappa shape index (κ2) is 9.13. The average molecular weight is 343 g/mol. The van der Waals surface area contributed by atoms with Crippen molar-refractivity contribution < 1.29 is 14.3 Å². The minimum Gasteiger partial charge on any atom is -0.459 e. The van der Waals surface area contributed by atoms with Crippen LogP contribution in [0, 0.1) is 0 Å². The first-order chi connectivity index (χ1) is 11.5. The molecule has 0 bridgehead atoms. The third kappa shape index (κ3) is 6.08. The van der Waals surface area contributed by atoms with Gasteiger partial charge in [0, 0.05) is 11.4 Å². The maximum absolute atomic E-state index is 11.9. The largest absolute Gasteiger partial charge is 0.459 e. The van der Waals surface area contributed by atoms with Crippen molar-refractivity contribution in [2.75, 3.05) is 11.1 Å². The highest BCUT2D eigenvalue weighted by molar-refractivity contribution is 7.99. The summed E-state index contributed by atoms with van der Waals surface area (Å²) in [6.07, 6.45) is -0.141. The molecule has 0 atom stereocenters. The van der Waals surface area contributed by atoms with Gasteiger partial charge in [0.15, 0.2) is 0 Å². The lowest BCUT2D eigenvalue weighted by Crippen LogP contribution is -2.14. The number of hydrogen-bond donors (Lipinski definition) is 1. The first kappa shape index (κ1) is 18.1. The molecule has 0 aliphatic heterocycles. The number of carbonyl (C=O) groups excluding carboxylic acids is 2. The number of amides is 1. The van der Waals surface area contributed by atoms with Crippen molar-refractivity contribution in [3.05, 3.63) is 65.7 Å². The van der Waals surface area contributed by atoms with Gasteiger partial charge in [0.2, 0.25) is 5.91 Å². The zero-order chi connectivity index (χ0) is 17.4. The van der Waals surface area contributed by atoms with Gasteiger partial charge in [-0.3, -0.25) is 4.79 Å². The van der Waals surface area contributed by atoms with Crippen LogP contribution in [0.5, 0.6) is 0 Å². The molecule has 4 nitrogen and oxygen atoms in total. The van der Waals surface area contributed by atoms with Crippen LogP contribution in [0.2, 0.25) is 0 Å². The Kier molecular flexibility index (Phi) is 6.88. The Morgan fingerprint density at radius 3 is 2.54 bits per heavy atom. The number of carbonyl (C=O) groups is 2. The molecule has 0 unspecified atom stereocenters. The molecule has 0 fully saturated rings. The summed E-state index contributed by atoms with van der Waals surface area (Å²) in [5.74, 6) is 0.654. The van der Waals surface area contributed by atoms with Crippen LogP contribution in [0.3, 0.4) is 0 Å². The van der Waals surface area contributed by atoms with Gasteiger partial charge in [-0.25, -0.2) is 4.79 Å². The smallest absolute Gasteiger partial charge is 0.338 e. The van der Waals surface area contributed by atoms with Gasteiger partial charge >= 0.3 is 5.97 Å². The number of thioether (sulfide) groups is 1. The predicted molar refractivity (Wildman–Crippen MR) is 98.2 cm³/mol. The Morgan fingerprint density at radius 1 is 1.08 bits per heavy atom. The Hall–Kier alpha value is -2.27. The maximum atomic E-state index is 11.9. The lowest BCUT2D eigenvalue weighted by atomic mass is 10.1. The molecule has 2 aromatic rings. The molecule has 5 heteroatoms. The molecular weight excluding hydrogens is 322 g/mol. The maximum Gasteiger partial charge on any atom is 0.338 e. The van der Waals surface area contributed by atoms with Gasteiger partial charge < -0.3 is 10.1 Å². The number of ether oxygens (including phenoxy) is 1. The Bertz CT molecular complexity index is 686. The second-order valence-electron chi connectivity index (χ2n) is 5.56. The van der Waals surface area contributed by atoms with Crippen molar-refractivity contribution in [3.63, 3.8) is 0 Å². The van der Waals surface area contributed by atoms with E-state index in [2.05, 4.69) is 5.32 Å². The summed E-state index contributed by atoms with van der Waals surface area (Å²) in [6.45, 7) is 3.64. The van der Waals surface area contributed by atoms with E-state index >= 15 is 0 Å². The number of nitrogens with one attached hydrogen (secondary N) is 1. The van der Waals surface area contributed by atoms with E-state index in [1.807, 2.05) is 62.4 Å². The van der Waals surface area contributed by atoms with Crippen LogP contribution in [0.1, 0.15) is 29.8 Å². The summed E-state index contributed by atoms with van der Waals surface area (Å²) in [5.41, 5.74) is 2.32. The van der Waals surface area contributed by atoms with Crippen LogP contribution in [0.4, 0.5) is 5.69 Å². The summed E-state index contributed by atoms with van der Waals surface area (Å²) in [7, 11) is 0.